The van der Waals surface area contributed by atoms with E-state index in [2.05, 4.69) is 26.1 Å². The minimum absolute atomic E-state index is 0.0646. The van der Waals surface area contributed by atoms with Gasteiger partial charge in [0.25, 0.3) is 10.0 Å². The van der Waals surface area contributed by atoms with Crippen LogP contribution < -0.4 is 4.72 Å². The van der Waals surface area contributed by atoms with Crippen LogP contribution in [0.2, 0.25) is 0 Å². The van der Waals surface area contributed by atoms with Crippen molar-refractivity contribution in [3.63, 3.8) is 0 Å². The van der Waals surface area contributed by atoms with E-state index in [1.165, 1.54) is 24.3 Å². The first kappa shape index (κ1) is 15.7. The number of nitrogens with one attached hydrogen (secondary N) is 1. The van der Waals surface area contributed by atoms with Gasteiger partial charge in [-0.3, -0.25) is 4.72 Å². The van der Waals surface area contributed by atoms with Crippen molar-refractivity contribution in [3.8, 4) is 0 Å². The van der Waals surface area contributed by atoms with Crippen molar-refractivity contribution in [2.45, 2.75) is 9.79 Å². The van der Waals surface area contributed by atoms with E-state index in [1.54, 1.807) is 12.1 Å². The van der Waals surface area contributed by atoms with Crippen molar-refractivity contribution in [1.82, 2.24) is 8.75 Å². The number of carbonyl (C=O) groups is 1. The maximum Gasteiger partial charge on any atom is 0.337 e. The summed E-state index contributed by atoms with van der Waals surface area (Å²) in [7, 11) is -4.03. The van der Waals surface area contributed by atoms with Gasteiger partial charge in [0.1, 0.15) is 15.9 Å². The summed E-state index contributed by atoms with van der Waals surface area (Å²) in [5.74, 6) is -1.25. The molecule has 3 aromatic rings. The molecule has 0 radical (unpaired) electrons. The SMILES string of the molecule is O=C(O)c1ccc(S)cc1NS(=O)(=O)c1cccc2nsnc12. The summed E-state index contributed by atoms with van der Waals surface area (Å²) < 4.78 is 35.5. The Kier molecular flexibility index (Phi) is 3.96. The van der Waals surface area contributed by atoms with E-state index in [9.17, 15) is 18.3 Å². The van der Waals surface area contributed by atoms with Crippen molar-refractivity contribution in [3.05, 3.63) is 42.0 Å². The Morgan fingerprint density at radius 3 is 2.74 bits per heavy atom. The Labute approximate surface area is 140 Å². The minimum Gasteiger partial charge on any atom is -0.478 e. The topological polar surface area (TPSA) is 109 Å². The third-order valence-electron chi connectivity index (χ3n) is 3.02. The average Bonchev–Trinajstić information content (AvgIpc) is 2.94. The van der Waals surface area contributed by atoms with E-state index in [0.717, 1.165) is 11.7 Å². The first-order valence-corrected chi connectivity index (χ1v) is 8.85. The summed E-state index contributed by atoms with van der Waals surface area (Å²) in [6.45, 7) is 0. The number of nitrogens with zero attached hydrogens (tertiary/aromatic N) is 2. The zero-order valence-corrected chi connectivity index (χ0v) is 13.8. The molecule has 0 amide bonds. The van der Waals surface area contributed by atoms with Crippen molar-refractivity contribution in [1.29, 1.82) is 0 Å². The molecule has 0 aliphatic heterocycles. The number of sulfonamides is 1. The summed E-state index contributed by atoms with van der Waals surface area (Å²) in [6, 6.07) is 8.67. The van der Waals surface area contributed by atoms with E-state index in [0.29, 0.717) is 10.4 Å². The fraction of sp³-hybridized carbons (Fsp3) is 0. The third-order valence-corrected chi connectivity index (χ3v) is 5.23. The Bertz CT molecular complexity index is 1010. The molecule has 3 rings (SSSR count). The number of fused-ring (bicyclic) bond motifs is 1. The number of hydrogen-bond donors (Lipinski definition) is 3. The van der Waals surface area contributed by atoms with Gasteiger partial charge in [0.2, 0.25) is 0 Å². The van der Waals surface area contributed by atoms with Gasteiger partial charge in [0, 0.05) is 4.90 Å². The monoisotopic (exact) mass is 367 g/mol. The molecule has 1 heterocycles. The second-order valence-corrected chi connectivity index (χ2v) is 7.22. The molecule has 0 spiro atoms. The van der Waals surface area contributed by atoms with E-state index in [-0.39, 0.29) is 21.7 Å². The molecule has 0 saturated heterocycles. The van der Waals surface area contributed by atoms with Gasteiger partial charge >= 0.3 is 5.97 Å². The summed E-state index contributed by atoms with van der Waals surface area (Å²) in [5, 5.41) is 9.18. The summed E-state index contributed by atoms with van der Waals surface area (Å²) in [6.07, 6.45) is 0. The number of carboxylic acids is 1. The van der Waals surface area contributed by atoms with Crippen LogP contribution in [0.15, 0.2) is 46.2 Å². The summed E-state index contributed by atoms with van der Waals surface area (Å²) in [5.41, 5.74) is 0.461. The van der Waals surface area contributed by atoms with Crippen molar-refractivity contribution < 1.29 is 18.3 Å². The van der Waals surface area contributed by atoms with Gasteiger partial charge < -0.3 is 5.11 Å². The summed E-state index contributed by atoms with van der Waals surface area (Å²) >= 11 is 5.01. The molecule has 23 heavy (non-hydrogen) atoms. The average molecular weight is 367 g/mol. The number of aromatic carboxylic acids is 1. The first-order valence-electron chi connectivity index (χ1n) is 6.19. The molecule has 0 bridgehead atoms. The van der Waals surface area contributed by atoms with Crippen LogP contribution in [0.5, 0.6) is 0 Å². The summed E-state index contributed by atoms with van der Waals surface area (Å²) in [4.78, 5) is 11.6. The normalized spacial score (nSPS) is 11.5. The lowest BCUT2D eigenvalue weighted by molar-refractivity contribution is 0.0698. The Hall–Kier alpha value is -2.17. The van der Waals surface area contributed by atoms with E-state index in [1.807, 2.05) is 0 Å². The molecule has 118 valence electrons. The molecule has 0 unspecified atom stereocenters. The lowest BCUT2D eigenvalue weighted by Crippen LogP contribution is -2.16. The number of rotatable bonds is 4. The Morgan fingerprint density at radius 2 is 2.00 bits per heavy atom. The molecule has 0 saturated carbocycles. The lowest BCUT2D eigenvalue weighted by atomic mass is 10.2. The van der Waals surface area contributed by atoms with Crippen molar-refractivity contribution in [2.75, 3.05) is 4.72 Å². The van der Waals surface area contributed by atoms with Crippen LogP contribution in [0, 0.1) is 0 Å². The van der Waals surface area contributed by atoms with Crippen LogP contribution in [-0.4, -0.2) is 28.2 Å². The highest BCUT2D eigenvalue weighted by molar-refractivity contribution is 7.93. The third kappa shape index (κ3) is 3.00. The molecule has 2 aromatic carbocycles. The first-order chi connectivity index (χ1) is 10.9. The van der Waals surface area contributed by atoms with Crippen molar-refractivity contribution in [2.24, 2.45) is 0 Å². The van der Waals surface area contributed by atoms with Crippen LogP contribution in [0.25, 0.3) is 11.0 Å². The van der Waals surface area contributed by atoms with Gasteiger partial charge in [-0.1, -0.05) is 6.07 Å². The molecule has 7 nitrogen and oxygen atoms in total. The minimum atomic E-state index is -4.03. The number of carboxylic acid groups (broad SMARTS) is 1. The van der Waals surface area contributed by atoms with Crippen LogP contribution in [0.1, 0.15) is 10.4 Å². The fourth-order valence-electron chi connectivity index (χ4n) is 2.00. The van der Waals surface area contributed by atoms with Gasteiger partial charge in [0.15, 0.2) is 0 Å². The largest absolute Gasteiger partial charge is 0.478 e. The Morgan fingerprint density at radius 1 is 1.22 bits per heavy atom. The smallest absolute Gasteiger partial charge is 0.337 e. The molecule has 10 heteroatoms. The molecule has 0 aliphatic rings. The zero-order chi connectivity index (χ0) is 16.6. The number of hydrogen-bond acceptors (Lipinski definition) is 7. The molecule has 1 aromatic heterocycles. The Balaban J connectivity index is 2.11. The van der Waals surface area contributed by atoms with Crippen LogP contribution in [0.3, 0.4) is 0 Å². The van der Waals surface area contributed by atoms with Gasteiger partial charge in [-0.15, -0.1) is 12.6 Å². The van der Waals surface area contributed by atoms with Crippen molar-refractivity contribution >= 4 is 57.1 Å². The second-order valence-electron chi connectivity index (χ2n) is 4.53. The molecular formula is C13H9N3O4S3. The number of anilines is 1. The molecular weight excluding hydrogens is 358 g/mol. The van der Waals surface area contributed by atoms with Gasteiger partial charge in [0.05, 0.1) is 23.0 Å². The van der Waals surface area contributed by atoms with Gasteiger partial charge in [-0.05, 0) is 30.3 Å². The highest BCUT2D eigenvalue weighted by Gasteiger charge is 2.22. The van der Waals surface area contributed by atoms with Gasteiger partial charge in [-0.2, -0.15) is 8.75 Å². The lowest BCUT2D eigenvalue weighted by Gasteiger charge is -2.11. The molecule has 0 fully saturated rings. The standard InChI is InChI=1S/C13H9N3O4S3/c17-13(18)8-5-4-7(21)6-10(8)16-23(19,20)11-3-1-2-9-12(11)15-22-14-9/h1-6,16,21H,(H,17,18). The predicted molar refractivity (Wildman–Crippen MR) is 88.9 cm³/mol. The number of aromatic nitrogens is 2. The second kappa shape index (κ2) is 5.80. The maximum absolute atomic E-state index is 12.6. The fourth-order valence-corrected chi connectivity index (χ4v) is 4.04. The molecule has 0 aliphatic carbocycles. The highest BCUT2D eigenvalue weighted by Crippen LogP contribution is 2.26. The van der Waals surface area contributed by atoms with Crippen LogP contribution >= 0.6 is 24.4 Å². The zero-order valence-electron chi connectivity index (χ0n) is 11.3. The molecule has 0 atom stereocenters. The number of thiol groups is 1. The van der Waals surface area contributed by atoms with E-state index in [4.69, 9.17) is 0 Å². The van der Waals surface area contributed by atoms with Crippen LogP contribution in [-0.2, 0) is 10.0 Å². The highest BCUT2D eigenvalue weighted by atomic mass is 32.2. The predicted octanol–water partition coefficient (Wildman–Crippen LogP) is 2.48. The van der Waals surface area contributed by atoms with E-state index >= 15 is 0 Å². The van der Waals surface area contributed by atoms with Crippen LogP contribution in [0.4, 0.5) is 5.69 Å². The quantitative estimate of drug-likeness (QED) is 0.611. The number of benzene rings is 2. The molecule has 2 N–H and O–H groups in total. The van der Waals surface area contributed by atoms with Gasteiger partial charge in [-0.25, -0.2) is 13.2 Å². The maximum atomic E-state index is 12.6. The van der Waals surface area contributed by atoms with E-state index < -0.39 is 16.0 Å².